The van der Waals surface area contributed by atoms with Crippen LogP contribution in [-0.2, 0) is 0 Å². The quantitative estimate of drug-likeness (QED) is 0.646. The molecule has 4 rings (SSSR count). The van der Waals surface area contributed by atoms with Crippen LogP contribution in [0.25, 0.3) is 22.2 Å². The van der Waals surface area contributed by atoms with Gasteiger partial charge in [0.05, 0.1) is 23.1 Å². The van der Waals surface area contributed by atoms with E-state index in [9.17, 15) is 9.90 Å². The molecule has 0 saturated heterocycles. The molecule has 26 heavy (non-hydrogen) atoms. The van der Waals surface area contributed by atoms with E-state index in [2.05, 4.69) is 20.2 Å². The first kappa shape index (κ1) is 16.7. The number of rotatable bonds is 2. The predicted molar refractivity (Wildman–Crippen MR) is 98.7 cm³/mol. The van der Waals surface area contributed by atoms with Gasteiger partial charge in [-0.3, -0.25) is 14.5 Å². The minimum absolute atomic E-state index is 0.0363. The van der Waals surface area contributed by atoms with Crippen LogP contribution in [0.2, 0.25) is 0 Å². The highest BCUT2D eigenvalue weighted by molar-refractivity contribution is 5.83. The molecule has 0 aromatic carbocycles. The fourth-order valence-electron chi connectivity index (χ4n) is 3.80. The Kier molecular flexibility index (Phi) is 3.80. The van der Waals surface area contributed by atoms with Gasteiger partial charge in [-0.05, 0) is 45.6 Å². The van der Waals surface area contributed by atoms with E-state index < -0.39 is 5.60 Å². The molecule has 8 heteroatoms. The van der Waals surface area contributed by atoms with Gasteiger partial charge < -0.3 is 10.8 Å². The number of nitrogens with one attached hydrogen (secondary N) is 1. The molecule has 0 spiro atoms. The smallest absolute Gasteiger partial charge is 0.260 e. The summed E-state index contributed by atoms with van der Waals surface area (Å²) in [4.78, 5) is 21.9. The van der Waals surface area contributed by atoms with Crippen LogP contribution >= 0.6 is 0 Å². The van der Waals surface area contributed by atoms with Crippen LogP contribution in [-0.4, -0.2) is 35.4 Å². The van der Waals surface area contributed by atoms with E-state index >= 15 is 0 Å². The van der Waals surface area contributed by atoms with Crippen molar-refractivity contribution in [2.75, 3.05) is 5.73 Å². The van der Waals surface area contributed by atoms with Gasteiger partial charge >= 0.3 is 0 Å². The number of hydrogen-bond donors (Lipinski definition) is 3. The predicted octanol–water partition coefficient (Wildman–Crippen LogP) is 1.94. The van der Waals surface area contributed by atoms with Gasteiger partial charge in [-0.15, -0.1) is 0 Å². The number of fused-ring (bicyclic) bond motifs is 1. The summed E-state index contributed by atoms with van der Waals surface area (Å²) in [7, 11) is 0. The zero-order valence-electron chi connectivity index (χ0n) is 14.9. The molecule has 0 amide bonds. The lowest BCUT2D eigenvalue weighted by molar-refractivity contribution is 0.0100. The molecule has 1 aliphatic carbocycles. The maximum atomic E-state index is 13.3. The van der Waals surface area contributed by atoms with Gasteiger partial charge in [0.15, 0.2) is 0 Å². The molecule has 3 aromatic heterocycles. The number of aryl methyl sites for hydroxylation is 1. The van der Waals surface area contributed by atoms with Gasteiger partial charge in [-0.1, -0.05) is 0 Å². The van der Waals surface area contributed by atoms with Crippen LogP contribution in [0.4, 0.5) is 5.95 Å². The van der Waals surface area contributed by atoms with E-state index in [1.165, 1.54) is 0 Å². The van der Waals surface area contributed by atoms with Crippen LogP contribution in [0.1, 0.15) is 44.3 Å². The fourth-order valence-corrected chi connectivity index (χ4v) is 3.80. The summed E-state index contributed by atoms with van der Waals surface area (Å²) in [6, 6.07) is 1.78. The highest BCUT2D eigenvalue weighted by Crippen LogP contribution is 2.36. The molecule has 0 radical (unpaired) electrons. The number of pyridine rings is 1. The van der Waals surface area contributed by atoms with Crippen LogP contribution in [0.3, 0.4) is 0 Å². The zero-order chi connectivity index (χ0) is 18.5. The normalized spacial score (nSPS) is 23.4. The second-order valence-corrected chi connectivity index (χ2v) is 7.35. The SMILES string of the molecule is Cc1nc(N)nc2c1cc(-c1cn[nH]c1)c(=O)n2[C@H]1CC[C@](C)(O)CC1. The Labute approximate surface area is 150 Å². The van der Waals surface area contributed by atoms with Crippen LogP contribution in [0.15, 0.2) is 23.3 Å². The second-order valence-electron chi connectivity index (χ2n) is 7.35. The Bertz CT molecular complexity index is 1010. The zero-order valence-corrected chi connectivity index (χ0v) is 14.9. The maximum Gasteiger partial charge on any atom is 0.260 e. The third-order valence-corrected chi connectivity index (χ3v) is 5.31. The largest absolute Gasteiger partial charge is 0.390 e. The number of aliphatic hydroxyl groups is 1. The molecular weight excluding hydrogens is 332 g/mol. The van der Waals surface area contributed by atoms with Gasteiger partial charge in [-0.2, -0.15) is 10.1 Å². The first-order chi connectivity index (χ1) is 12.4. The van der Waals surface area contributed by atoms with Crippen molar-refractivity contribution in [1.82, 2.24) is 24.7 Å². The Morgan fingerprint density at radius 1 is 1.35 bits per heavy atom. The number of nitrogens with two attached hydrogens (primary N) is 1. The third kappa shape index (κ3) is 2.76. The molecule has 136 valence electrons. The first-order valence-corrected chi connectivity index (χ1v) is 8.77. The lowest BCUT2D eigenvalue weighted by atomic mass is 9.83. The van der Waals surface area contributed by atoms with Crippen molar-refractivity contribution in [1.29, 1.82) is 0 Å². The summed E-state index contributed by atoms with van der Waals surface area (Å²) in [5, 5.41) is 17.8. The number of hydrogen-bond acceptors (Lipinski definition) is 6. The number of aromatic nitrogens is 5. The van der Waals surface area contributed by atoms with Crippen molar-refractivity contribution in [3.8, 4) is 11.1 Å². The van der Waals surface area contributed by atoms with Crippen molar-refractivity contribution in [2.45, 2.75) is 51.2 Å². The van der Waals surface area contributed by atoms with E-state index in [-0.39, 0.29) is 17.5 Å². The molecule has 0 aliphatic heterocycles. The molecule has 0 atom stereocenters. The first-order valence-electron chi connectivity index (χ1n) is 8.77. The lowest BCUT2D eigenvalue weighted by Gasteiger charge is -2.34. The average molecular weight is 354 g/mol. The van der Waals surface area contributed by atoms with Gasteiger partial charge in [-0.25, -0.2) is 4.98 Å². The third-order valence-electron chi connectivity index (χ3n) is 5.31. The number of nitrogen functional groups attached to an aromatic ring is 1. The van der Waals surface area contributed by atoms with Crippen LogP contribution in [0.5, 0.6) is 0 Å². The minimum atomic E-state index is -0.679. The van der Waals surface area contributed by atoms with E-state index in [0.29, 0.717) is 36.9 Å². The summed E-state index contributed by atoms with van der Waals surface area (Å²) in [6.07, 6.45) is 6.03. The summed E-state index contributed by atoms with van der Waals surface area (Å²) >= 11 is 0. The van der Waals surface area contributed by atoms with Crippen molar-refractivity contribution >= 4 is 17.0 Å². The fraction of sp³-hybridized carbons (Fsp3) is 0.444. The minimum Gasteiger partial charge on any atom is -0.390 e. The summed E-state index contributed by atoms with van der Waals surface area (Å²) in [5.74, 6) is 0.155. The van der Waals surface area contributed by atoms with Crippen LogP contribution in [0, 0.1) is 6.92 Å². The summed E-state index contributed by atoms with van der Waals surface area (Å²) in [6.45, 7) is 3.70. The molecule has 3 aromatic rings. The van der Waals surface area contributed by atoms with E-state index in [4.69, 9.17) is 5.73 Å². The molecule has 0 unspecified atom stereocenters. The summed E-state index contributed by atoms with van der Waals surface area (Å²) < 4.78 is 1.73. The van der Waals surface area contributed by atoms with Gasteiger partial charge in [0.25, 0.3) is 5.56 Å². The monoisotopic (exact) mass is 354 g/mol. The van der Waals surface area contributed by atoms with Gasteiger partial charge in [0, 0.05) is 23.2 Å². The Morgan fingerprint density at radius 3 is 2.73 bits per heavy atom. The topological polar surface area (TPSA) is 123 Å². The standard InChI is InChI=1S/C18H22N6O2/c1-10-13-7-14(11-8-20-21-9-11)16(25)24(15(13)23-17(19)22-10)12-3-5-18(2,26)6-4-12/h7-9,12,26H,3-6H2,1-2H3,(H,20,21)(H2,19,22,23)/t12-,18-. The molecule has 1 aliphatic rings. The molecule has 1 saturated carbocycles. The molecule has 0 bridgehead atoms. The molecule has 4 N–H and O–H groups in total. The van der Waals surface area contributed by atoms with Crippen molar-refractivity contribution < 1.29 is 5.11 Å². The number of H-pyrrole nitrogens is 1. The van der Waals surface area contributed by atoms with Crippen molar-refractivity contribution in [3.05, 3.63) is 34.5 Å². The van der Waals surface area contributed by atoms with Crippen molar-refractivity contribution in [3.63, 3.8) is 0 Å². The maximum absolute atomic E-state index is 13.3. The van der Waals surface area contributed by atoms with Crippen LogP contribution < -0.4 is 11.3 Å². The Hall–Kier alpha value is -2.74. The molecule has 8 nitrogen and oxygen atoms in total. The number of aromatic amines is 1. The average Bonchev–Trinajstić information content (AvgIpc) is 3.09. The second kappa shape index (κ2) is 5.91. The van der Waals surface area contributed by atoms with E-state index in [0.717, 1.165) is 16.6 Å². The van der Waals surface area contributed by atoms with E-state index in [1.807, 2.05) is 19.9 Å². The molecule has 3 heterocycles. The van der Waals surface area contributed by atoms with E-state index in [1.54, 1.807) is 17.0 Å². The molecule has 1 fully saturated rings. The highest BCUT2D eigenvalue weighted by Gasteiger charge is 2.31. The number of anilines is 1. The van der Waals surface area contributed by atoms with Gasteiger partial charge in [0.1, 0.15) is 5.65 Å². The lowest BCUT2D eigenvalue weighted by Crippen LogP contribution is -2.35. The Morgan fingerprint density at radius 2 is 2.08 bits per heavy atom. The Balaban J connectivity index is 1.97. The van der Waals surface area contributed by atoms with Gasteiger partial charge in [0.2, 0.25) is 5.95 Å². The highest BCUT2D eigenvalue weighted by atomic mass is 16.3. The molecular formula is C18H22N6O2. The van der Waals surface area contributed by atoms with Crippen molar-refractivity contribution in [2.24, 2.45) is 0 Å². The number of nitrogens with zero attached hydrogens (tertiary/aromatic N) is 4. The summed E-state index contributed by atoms with van der Waals surface area (Å²) in [5.41, 5.74) is 7.62.